The maximum Gasteiger partial charge on any atom is 0.123 e. The summed E-state index contributed by atoms with van der Waals surface area (Å²) < 4.78 is 5.45. The van der Waals surface area contributed by atoms with Gasteiger partial charge in [-0.05, 0) is 49.4 Å². The molecule has 1 unspecified atom stereocenters. The van der Waals surface area contributed by atoms with Crippen molar-refractivity contribution in [2.75, 3.05) is 27.2 Å². The molecular formula is C17H22ClN3O. The Bertz CT molecular complexity index is 592. The molecule has 1 aromatic carbocycles. The number of nitrogens with two attached hydrogens (primary N) is 1. The van der Waals surface area contributed by atoms with Gasteiger partial charge in [0.15, 0.2) is 0 Å². The Morgan fingerprint density at radius 1 is 1.27 bits per heavy atom. The summed E-state index contributed by atoms with van der Waals surface area (Å²) in [5.41, 5.74) is 8.28. The van der Waals surface area contributed by atoms with Crippen LogP contribution in [0, 0.1) is 0 Å². The monoisotopic (exact) mass is 319 g/mol. The Balaban J connectivity index is 2.12. The summed E-state index contributed by atoms with van der Waals surface area (Å²) in [7, 11) is 3.73. The number of methoxy groups -OCH3 is 1. The van der Waals surface area contributed by atoms with Crippen molar-refractivity contribution in [3.8, 4) is 5.75 Å². The number of likely N-dealkylation sites (N-methyl/N-ethyl adjacent to an activating group) is 1. The smallest absolute Gasteiger partial charge is 0.123 e. The van der Waals surface area contributed by atoms with E-state index in [-0.39, 0.29) is 6.04 Å². The molecule has 2 aromatic rings. The molecule has 1 atom stereocenters. The summed E-state index contributed by atoms with van der Waals surface area (Å²) >= 11 is 6.13. The molecule has 0 radical (unpaired) electrons. The standard InChI is InChI=1S/C17H22ClN3O/c1-21(10-7-13-5-8-20-9-6-13)16(12-19)15-11-14(18)3-4-17(15)22-2/h3-6,8-9,11,16H,7,10,12,19H2,1-2H3. The number of benzene rings is 1. The lowest BCUT2D eigenvalue weighted by molar-refractivity contribution is 0.247. The summed E-state index contributed by atoms with van der Waals surface area (Å²) in [6.45, 7) is 1.39. The summed E-state index contributed by atoms with van der Waals surface area (Å²) in [6, 6.07) is 9.78. The molecule has 0 aliphatic rings. The number of hydrogen-bond acceptors (Lipinski definition) is 4. The van der Waals surface area contributed by atoms with Crippen LogP contribution in [0.5, 0.6) is 5.75 Å². The Morgan fingerprint density at radius 2 is 2.00 bits per heavy atom. The zero-order valence-electron chi connectivity index (χ0n) is 13.0. The van der Waals surface area contributed by atoms with Gasteiger partial charge in [0.25, 0.3) is 0 Å². The number of hydrogen-bond donors (Lipinski definition) is 1. The highest BCUT2D eigenvalue weighted by Gasteiger charge is 2.19. The van der Waals surface area contributed by atoms with Gasteiger partial charge < -0.3 is 10.5 Å². The number of pyridine rings is 1. The molecule has 0 spiro atoms. The van der Waals surface area contributed by atoms with E-state index in [4.69, 9.17) is 22.1 Å². The molecule has 2 rings (SSSR count). The average molecular weight is 320 g/mol. The number of halogens is 1. The van der Waals surface area contributed by atoms with Crippen LogP contribution >= 0.6 is 11.6 Å². The van der Waals surface area contributed by atoms with Crippen molar-refractivity contribution < 1.29 is 4.74 Å². The second-order valence-electron chi connectivity index (χ2n) is 5.22. The van der Waals surface area contributed by atoms with Crippen molar-refractivity contribution in [3.63, 3.8) is 0 Å². The molecule has 0 bridgehead atoms. The van der Waals surface area contributed by atoms with Crippen LogP contribution in [0.3, 0.4) is 0 Å². The Hall–Kier alpha value is -1.62. The van der Waals surface area contributed by atoms with Crippen LogP contribution in [0.25, 0.3) is 0 Å². The van der Waals surface area contributed by atoms with Gasteiger partial charge in [0.1, 0.15) is 5.75 Å². The molecular weight excluding hydrogens is 298 g/mol. The summed E-state index contributed by atoms with van der Waals surface area (Å²) in [5, 5.41) is 0.691. The quantitative estimate of drug-likeness (QED) is 0.852. The highest BCUT2D eigenvalue weighted by molar-refractivity contribution is 6.30. The summed E-state index contributed by atoms with van der Waals surface area (Å²) in [5.74, 6) is 0.815. The van der Waals surface area contributed by atoms with Crippen LogP contribution in [0.4, 0.5) is 0 Å². The van der Waals surface area contributed by atoms with Gasteiger partial charge in [-0.25, -0.2) is 0 Å². The van der Waals surface area contributed by atoms with E-state index in [1.165, 1.54) is 5.56 Å². The van der Waals surface area contributed by atoms with Crippen LogP contribution < -0.4 is 10.5 Å². The zero-order chi connectivity index (χ0) is 15.9. The van der Waals surface area contributed by atoms with E-state index in [2.05, 4.69) is 16.9 Å². The van der Waals surface area contributed by atoms with Crippen molar-refractivity contribution in [2.24, 2.45) is 5.73 Å². The molecule has 118 valence electrons. The van der Waals surface area contributed by atoms with Crippen molar-refractivity contribution >= 4 is 11.6 Å². The average Bonchev–Trinajstić information content (AvgIpc) is 2.55. The van der Waals surface area contributed by atoms with Crippen LogP contribution in [0.1, 0.15) is 17.2 Å². The third kappa shape index (κ3) is 4.19. The van der Waals surface area contributed by atoms with Gasteiger partial charge in [0, 0.05) is 36.1 Å². The first kappa shape index (κ1) is 16.7. The Labute approximate surface area is 136 Å². The predicted octanol–water partition coefficient (Wildman–Crippen LogP) is 2.92. The van der Waals surface area contributed by atoms with E-state index >= 15 is 0 Å². The minimum absolute atomic E-state index is 0.0653. The number of aromatic nitrogens is 1. The van der Waals surface area contributed by atoms with Gasteiger partial charge in [0.2, 0.25) is 0 Å². The highest BCUT2D eigenvalue weighted by Crippen LogP contribution is 2.30. The molecule has 2 N–H and O–H groups in total. The largest absolute Gasteiger partial charge is 0.496 e. The number of ether oxygens (including phenoxy) is 1. The molecule has 0 fully saturated rings. The van der Waals surface area contributed by atoms with Gasteiger partial charge >= 0.3 is 0 Å². The molecule has 5 heteroatoms. The molecule has 22 heavy (non-hydrogen) atoms. The number of rotatable bonds is 7. The van der Waals surface area contributed by atoms with Crippen LogP contribution in [0.15, 0.2) is 42.7 Å². The van der Waals surface area contributed by atoms with Crippen LogP contribution in [-0.2, 0) is 6.42 Å². The third-order valence-electron chi connectivity index (χ3n) is 3.81. The summed E-state index contributed by atoms with van der Waals surface area (Å²) in [4.78, 5) is 6.27. The van der Waals surface area contributed by atoms with E-state index in [0.717, 1.165) is 24.3 Å². The van der Waals surface area contributed by atoms with Crippen molar-refractivity contribution in [3.05, 3.63) is 58.9 Å². The minimum atomic E-state index is 0.0653. The molecule has 1 heterocycles. The molecule has 0 saturated heterocycles. The first-order chi connectivity index (χ1) is 10.7. The van der Waals surface area contributed by atoms with E-state index in [0.29, 0.717) is 11.6 Å². The summed E-state index contributed by atoms with van der Waals surface area (Å²) in [6.07, 6.45) is 4.57. The molecule has 0 aliphatic carbocycles. The second-order valence-corrected chi connectivity index (χ2v) is 5.66. The zero-order valence-corrected chi connectivity index (χ0v) is 13.8. The van der Waals surface area contributed by atoms with E-state index in [1.54, 1.807) is 7.11 Å². The molecule has 4 nitrogen and oxygen atoms in total. The van der Waals surface area contributed by atoms with Crippen LogP contribution in [-0.4, -0.2) is 37.1 Å². The lowest BCUT2D eigenvalue weighted by Crippen LogP contribution is -2.32. The predicted molar refractivity (Wildman–Crippen MR) is 90.4 cm³/mol. The lowest BCUT2D eigenvalue weighted by Gasteiger charge is -2.28. The second kappa shape index (κ2) is 8.13. The fourth-order valence-electron chi connectivity index (χ4n) is 2.52. The first-order valence-corrected chi connectivity index (χ1v) is 7.66. The van der Waals surface area contributed by atoms with Crippen molar-refractivity contribution in [1.29, 1.82) is 0 Å². The normalized spacial score (nSPS) is 12.4. The molecule has 0 amide bonds. The van der Waals surface area contributed by atoms with E-state index in [9.17, 15) is 0 Å². The highest BCUT2D eigenvalue weighted by atomic mass is 35.5. The van der Waals surface area contributed by atoms with E-state index in [1.807, 2.05) is 42.7 Å². The van der Waals surface area contributed by atoms with Gasteiger partial charge in [-0.1, -0.05) is 11.6 Å². The van der Waals surface area contributed by atoms with Crippen molar-refractivity contribution in [1.82, 2.24) is 9.88 Å². The first-order valence-electron chi connectivity index (χ1n) is 7.28. The van der Waals surface area contributed by atoms with Crippen molar-refractivity contribution in [2.45, 2.75) is 12.5 Å². The van der Waals surface area contributed by atoms with Gasteiger partial charge in [0.05, 0.1) is 13.2 Å². The fraction of sp³-hybridized carbons (Fsp3) is 0.353. The number of nitrogens with zero attached hydrogens (tertiary/aromatic N) is 2. The SMILES string of the molecule is COc1ccc(Cl)cc1C(CN)N(C)CCc1ccncc1. The Morgan fingerprint density at radius 3 is 2.64 bits per heavy atom. The van der Waals surface area contributed by atoms with Gasteiger partial charge in [-0.3, -0.25) is 9.88 Å². The maximum absolute atomic E-state index is 6.13. The lowest BCUT2D eigenvalue weighted by atomic mass is 10.0. The Kier molecular flexibility index (Phi) is 6.19. The minimum Gasteiger partial charge on any atom is -0.496 e. The van der Waals surface area contributed by atoms with Gasteiger partial charge in [-0.15, -0.1) is 0 Å². The topological polar surface area (TPSA) is 51.4 Å². The third-order valence-corrected chi connectivity index (χ3v) is 4.04. The van der Waals surface area contributed by atoms with Crippen LogP contribution in [0.2, 0.25) is 5.02 Å². The maximum atomic E-state index is 6.13. The van der Waals surface area contributed by atoms with Gasteiger partial charge in [-0.2, -0.15) is 0 Å². The molecule has 0 aliphatic heterocycles. The molecule has 0 saturated carbocycles. The fourth-order valence-corrected chi connectivity index (χ4v) is 2.70. The van der Waals surface area contributed by atoms with E-state index < -0.39 is 0 Å². The molecule has 1 aromatic heterocycles.